The SMILES string of the molecule is CC[Si]1(CC)CCCN1CCCN1C(=O)c2cccc3cccc(c23)C1=O. The third-order valence-corrected chi connectivity index (χ3v) is 12.4. The highest BCUT2D eigenvalue weighted by Crippen LogP contribution is 2.33. The second kappa shape index (κ2) is 7.21. The topological polar surface area (TPSA) is 40.6 Å². The second-order valence-electron chi connectivity index (χ2n) is 7.85. The standard InChI is InChI=1S/C22H28N2O2Si/c1-3-27(4-2)16-8-14-23(27)13-7-15-24-21(25)18-11-5-9-17-10-6-12-19(20(17)18)22(24)26/h5-6,9-12H,3-4,7-8,13-16H2,1-2H3. The van der Waals surface area contributed by atoms with Gasteiger partial charge in [0.15, 0.2) is 0 Å². The Morgan fingerprint density at radius 1 is 0.926 bits per heavy atom. The first-order chi connectivity index (χ1) is 13.1. The second-order valence-corrected chi connectivity index (χ2v) is 12.8. The summed E-state index contributed by atoms with van der Waals surface area (Å²) in [4.78, 5) is 27.4. The average molecular weight is 381 g/mol. The van der Waals surface area contributed by atoms with Gasteiger partial charge in [-0.3, -0.25) is 14.5 Å². The average Bonchev–Trinajstić information content (AvgIpc) is 3.11. The molecule has 4 rings (SSSR count). The molecule has 0 unspecified atom stereocenters. The van der Waals surface area contributed by atoms with Crippen LogP contribution in [0, 0.1) is 0 Å². The highest BCUT2D eigenvalue weighted by molar-refractivity contribution is 6.77. The van der Waals surface area contributed by atoms with Crippen molar-refractivity contribution in [3.8, 4) is 0 Å². The van der Waals surface area contributed by atoms with Crippen LogP contribution in [0.4, 0.5) is 0 Å². The molecule has 0 bridgehead atoms. The van der Waals surface area contributed by atoms with Crippen molar-refractivity contribution in [1.82, 2.24) is 9.47 Å². The number of imide groups is 1. The summed E-state index contributed by atoms with van der Waals surface area (Å²) in [7, 11) is -1.28. The molecule has 0 atom stereocenters. The lowest BCUT2D eigenvalue weighted by Gasteiger charge is -2.36. The smallest absolute Gasteiger partial charge is 0.261 e. The molecular formula is C22H28N2O2Si. The van der Waals surface area contributed by atoms with Gasteiger partial charge in [-0.2, -0.15) is 0 Å². The summed E-state index contributed by atoms with van der Waals surface area (Å²) in [6.45, 7) is 7.39. The monoisotopic (exact) mass is 380 g/mol. The highest BCUT2D eigenvalue weighted by atomic mass is 28.3. The summed E-state index contributed by atoms with van der Waals surface area (Å²) in [5, 5.41) is 1.78. The first kappa shape index (κ1) is 18.4. The van der Waals surface area contributed by atoms with E-state index in [0.717, 1.165) is 23.7 Å². The van der Waals surface area contributed by atoms with Crippen molar-refractivity contribution in [2.75, 3.05) is 19.6 Å². The van der Waals surface area contributed by atoms with Crippen LogP contribution in [0.25, 0.3) is 10.8 Å². The van der Waals surface area contributed by atoms with Crippen LogP contribution in [0.15, 0.2) is 36.4 Å². The normalized spacial score (nSPS) is 19.3. The van der Waals surface area contributed by atoms with Crippen molar-refractivity contribution in [2.24, 2.45) is 0 Å². The van der Waals surface area contributed by atoms with E-state index in [2.05, 4.69) is 18.4 Å². The Morgan fingerprint density at radius 2 is 1.56 bits per heavy atom. The molecule has 2 amide bonds. The van der Waals surface area contributed by atoms with Gasteiger partial charge in [-0.05, 0) is 61.6 Å². The van der Waals surface area contributed by atoms with Gasteiger partial charge in [0.1, 0.15) is 8.24 Å². The van der Waals surface area contributed by atoms with Crippen LogP contribution in [0.2, 0.25) is 18.1 Å². The predicted molar refractivity (Wildman–Crippen MR) is 112 cm³/mol. The molecule has 1 saturated heterocycles. The van der Waals surface area contributed by atoms with Crippen LogP contribution in [0.1, 0.15) is 47.4 Å². The highest BCUT2D eigenvalue weighted by Gasteiger charge is 2.40. The van der Waals surface area contributed by atoms with E-state index >= 15 is 0 Å². The zero-order valence-corrected chi connectivity index (χ0v) is 17.3. The Kier molecular flexibility index (Phi) is 4.91. The fourth-order valence-corrected chi connectivity index (χ4v) is 9.60. The Bertz CT molecular complexity index is 840. The Labute approximate surface area is 162 Å². The lowest BCUT2D eigenvalue weighted by atomic mass is 9.94. The maximum atomic E-state index is 13.0. The van der Waals surface area contributed by atoms with Crippen LogP contribution in [-0.2, 0) is 0 Å². The van der Waals surface area contributed by atoms with Crippen LogP contribution < -0.4 is 0 Å². The minimum absolute atomic E-state index is 0.139. The molecule has 0 aliphatic carbocycles. The summed E-state index contributed by atoms with van der Waals surface area (Å²) in [6.07, 6.45) is 2.18. The van der Waals surface area contributed by atoms with Crippen molar-refractivity contribution >= 4 is 30.8 Å². The van der Waals surface area contributed by atoms with Gasteiger partial charge in [0, 0.05) is 23.1 Å². The van der Waals surface area contributed by atoms with Gasteiger partial charge in [-0.1, -0.05) is 38.1 Å². The van der Waals surface area contributed by atoms with E-state index < -0.39 is 8.24 Å². The first-order valence-electron chi connectivity index (χ1n) is 10.2. The quantitative estimate of drug-likeness (QED) is 0.546. The number of rotatable bonds is 6. The number of benzene rings is 2. The maximum absolute atomic E-state index is 13.0. The molecule has 27 heavy (non-hydrogen) atoms. The van der Waals surface area contributed by atoms with Gasteiger partial charge in [0.05, 0.1) is 0 Å². The summed E-state index contributed by atoms with van der Waals surface area (Å²) >= 11 is 0. The van der Waals surface area contributed by atoms with Crippen molar-refractivity contribution in [2.45, 2.75) is 44.8 Å². The molecule has 0 spiro atoms. The fourth-order valence-electron chi connectivity index (χ4n) is 5.10. The number of hydrogen-bond acceptors (Lipinski definition) is 3. The van der Waals surface area contributed by atoms with Crippen LogP contribution >= 0.6 is 0 Å². The molecule has 0 radical (unpaired) electrons. The van der Waals surface area contributed by atoms with Crippen molar-refractivity contribution in [3.63, 3.8) is 0 Å². The van der Waals surface area contributed by atoms with Gasteiger partial charge in [0.25, 0.3) is 11.8 Å². The minimum Gasteiger partial charge on any atom is -0.323 e. The largest absolute Gasteiger partial charge is 0.323 e. The third kappa shape index (κ3) is 2.93. The number of hydrogen-bond donors (Lipinski definition) is 0. The van der Waals surface area contributed by atoms with Crippen LogP contribution in [0.5, 0.6) is 0 Å². The van der Waals surface area contributed by atoms with Crippen molar-refractivity contribution in [1.29, 1.82) is 0 Å². The van der Waals surface area contributed by atoms with Gasteiger partial charge in [0.2, 0.25) is 0 Å². The molecule has 0 aromatic heterocycles. The molecule has 2 heterocycles. The first-order valence-corrected chi connectivity index (χ1v) is 12.8. The van der Waals surface area contributed by atoms with E-state index in [-0.39, 0.29) is 11.8 Å². The van der Waals surface area contributed by atoms with E-state index in [0.29, 0.717) is 17.7 Å². The Hall–Kier alpha value is -1.98. The number of nitrogens with zero attached hydrogens (tertiary/aromatic N) is 2. The molecule has 2 aromatic carbocycles. The van der Waals surface area contributed by atoms with E-state index in [4.69, 9.17) is 0 Å². The van der Waals surface area contributed by atoms with Crippen molar-refractivity contribution in [3.05, 3.63) is 47.5 Å². The van der Waals surface area contributed by atoms with E-state index in [1.807, 2.05) is 36.4 Å². The third-order valence-electron chi connectivity index (χ3n) is 6.72. The molecule has 2 aromatic rings. The molecule has 0 saturated carbocycles. The lowest BCUT2D eigenvalue weighted by Crippen LogP contribution is -2.49. The molecule has 142 valence electrons. The Morgan fingerprint density at radius 3 is 2.15 bits per heavy atom. The number of carbonyl (C=O) groups is 2. The summed E-state index contributed by atoms with van der Waals surface area (Å²) in [5.74, 6) is -0.277. The maximum Gasteiger partial charge on any atom is 0.261 e. The van der Waals surface area contributed by atoms with E-state index in [9.17, 15) is 9.59 Å². The molecule has 0 N–H and O–H groups in total. The van der Waals surface area contributed by atoms with Gasteiger partial charge in [-0.25, -0.2) is 0 Å². The fraction of sp³-hybridized carbons (Fsp3) is 0.455. The minimum atomic E-state index is -1.28. The summed E-state index contributed by atoms with van der Waals surface area (Å²) < 4.78 is 2.72. The summed E-state index contributed by atoms with van der Waals surface area (Å²) in [6, 6.07) is 15.4. The molecule has 2 aliphatic heterocycles. The number of amides is 2. The Balaban J connectivity index is 1.51. The molecule has 4 nitrogen and oxygen atoms in total. The molecule has 1 fully saturated rings. The summed E-state index contributed by atoms with van der Waals surface area (Å²) in [5.41, 5.74) is 1.32. The van der Waals surface area contributed by atoms with Crippen molar-refractivity contribution < 1.29 is 9.59 Å². The van der Waals surface area contributed by atoms with E-state index in [1.165, 1.54) is 36.0 Å². The molecular weight excluding hydrogens is 352 g/mol. The molecule has 5 heteroatoms. The van der Waals surface area contributed by atoms with Crippen LogP contribution in [0.3, 0.4) is 0 Å². The number of carbonyl (C=O) groups excluding carboxylic acids is 2. The van der Waals surface area contributed by atoms with E-state index in [1.54, 1.807) is 0 Å². The van der Waals surface area contributed by atoms with Crippen LogP contribution in [-0.4, -0.2) is 49.1 Å². The lowest BCUT2D eigenvalue weighted by molar-refractivity contribution is 0.0607. The zero-order chi connectivity index (χ0) is 19.0. The van der Waals surface area contributed by atoms with Gasteiger partial charge >= 0.3 is 0 Å². The predicted octanol–water partition coefficient (Wildman–Crippen LogP) is 4.52. The zero-order valence-electron chi connectivity index (χ0n) is 16.3. The van der Waals surface area contributed by atoms with Gasteiger partial charge in [-0.15, -0.1) is 0 Å². The molecule has 2 aliphatic rings. The van der Waals surface area contributed by atoms with Gasteiger partial charge < -0.3 is 4.57 Å².